The molecule has 36 heavy (non-hydrogen) atoms. The summed E-state index contributed by atoms with van der Waals surface area (Å²) in [4.78, 5) is 16.7. The minimum atomic E-state index is -0.337. The van der Waals surface area contributed by atoms with Crippen molar-refractivity contribution >= 4 is 17.9 Å². The van der Waals surface area contributed by atoms with E-state index in [1.54, 1.807) is 11.8 Å². The van der Waals surface area contributed by atoms with Gasteiger partial charge in [0.05, 0.1) is 0 Å². The van der Waals surface area contributed by atoms with E-state index in [9.17, 15) is 4.79 Å². The maximum Gasteiger partial charge on any atom is 0.407 e. The van der Waals surface area contributed by atoms with Gasteiger partial charge >= 0.3 is 6.09 Å². The van der Waals surface area contributed by atoms with E-state index >= 15 is 0 Å². The molecule has 0 unspecified atom stereocenters. The van der Waals surface area contributed by atoms with E-state index in [4.69, 9.17) is 4.74 Å². The van der Waals surface area contributed by atoms with Crippen LogP contribution in [0, 0.1) is 0 Å². The van der Waals surface area contributed by atoms with Crippen LogP contribution in [0.25, 0.3) is 11.1 Å². The normalized spacial score (nSPS) is 13.6. The van der Waals surface area contributed by atoms with Crippen LogP contribution in [-0.2, 0) is 4.74 Å². The molecule has 0 saturated carbocycles. The van der Waals surface area contributed by atoms with Crippen molar-refractivity contribution in [3.8, 4) is 11.1 Å². The number of alkyl carbamates (subject to hydrolysis) is 1. The number of carbonyl (C=O) groups is 1. The molecule has 190 valence electrons. The number of hydrogen-bond donors (Lipinski definition) is 1. The molecule has 1 atom stereocenters. The zero-order valence-corrected chi connectivity index (χ0v) is 22.6. The summed E-state index contributed by atoms with van der Waals surface area (Å²) in [6.45, 7) is 10.2. The predicted molar refractivity (Wildman–Crippen MR) is 151 cm³/mol. The van der Waals surface area contributed by atoms with Crippen molar-refractivity contribution in [1.29, 1.82) is 0 Å². The van der Waals surface area contributed by atoms with Crippen molar-refractivity contribution in [1.82, 2.24) is 10.2 Å². The van der Waals surface area contributed by atoms with Crippen molar-refractivity contribution < 1.29 is 9.53 Å². The quantitative estimate of drug-likeness (QED) is 0.282. The zero-order valence-electron chi connectivity index (χ0n) is 21.8. The molecule has 4 rings (SSSR count). The number of rotatable bonds is 11. The summed E-state index contributed by atoms with van der Waals surface area (Å²) in [5.41, 5.74) is 4.93. The summed E-state index contributed by atoms with van der Waals surface area (Å²) in [5, 5.41) is 3.18. The highest BCUT2D eigenvalue weighted by Gasteiger charge is 2.29. The topological polar surface area (TPSA) is 41.6 Å². The first-order chi connectivity index (χ1) is 17.4. The molecular weight excluding hydrogens is 464 g/mol. The molecular formula is C31H38N2O2S. The van der Waals surface area contributed by atoms with Crippen LogP contribution in [0.1, 0.15) is 51.2 Å². The molecule has 1 aliphatic rings. The average Bonchev–Trinajstić information content (AvgIpc) is 3.20. The first-order valence-electron chi connectivity index (χ1n) is 13.0. The molecule has 0 saturated heterocycles. The first kappa shape index (κ1) is 26.3. The van der Waals surface area contributed by atoms with Crippen molar-refractivity contribution in [3.63, 3.8) is 0 Å². The van der Waals surface area contributed by atoms with E-state index in [0.29, 0.717) is 18.7 Å². The van der Waals surface area contributed by atoms with E-state index in [1.807, 2.05) is 6.07 Å². The fourth-order valence-corrected chi connectivity index (χ4v) is 6.13. The number of thioether (sulfide) groups is 1. The highest BCUT2D eigenvalue weighted by Crippen LogP contribution is 2.44. The second-order valence-electron chi connectivity index (χ2n) is 10.0. The number of ether oxygens (including phenoxy) is 1. The molecule has 0 heterocycles. The molecule has 0 spiro atoms. The molecule has 1 N–H and O–H groups in total. The van der Waals surface area contributed by atoms with Crippen LogP contribution < -0.4 is 5.32 Å². The lowest BCUT2D eigenvalue weighted by atomic mass is 9.98. The van der Waals surface area contributed by atoms with Gasteiger partial charge in [-0.3, -0.25) is 4.90 Å². The van der Waals surface area contributed by atoms with Crippen molar-refractivity contribution in [2.75, 3.05) is 18.9 Å². The number of nitrogens with zero attached hydrogens (tertiary/aromatic N) is 1. The molecule has 1 amide bonds. The van der Waals surface area contributed by atoms with E-state index in [1.165, 1.54) is 27.1 Å². The zero-order chi connectivity index (χ0) is 25.5. The van der Waals surface area contributed by atoms with Crippen molar-refractivity contribution in [3.05, 3.63) is 90.0 Å². The Bertz CT molecular complexity index is 1080. The summed E-state index contributed by atoms with van der Waals surface area (Å²) in [5.74, 6) is 0.871. The van der Waals surface area contributed by atoms with Crippen molar-refractivity contribution in [2.45, 2.75) is 63.1 Å². The van der Waals surface area contributed by atoms with Gasteiger partial charge in [-0.15, -0.1) is 11.8 Å². The number of fused-ring (bicyclic) bond motifs is 3. The van der Waals surface area contributed by atoms with Crippen LogP contribution in [0.5, 0.6) is 0 Å². The fraction of sp³-hybridized carbons (Fsp3) is 0.387. The van der Waals surface area contributed by atoms with Crippen LogP contribution in [0.15, 0.2) is 83.8 Å². The average molecular weight is 503 g/mol. The number of benzene rings is 3. The minimum absolute atomic E-state index is 0.0193. The Morgan fingerprint density at radius 1 is 0.861 bits per heavy atom. The summed E-state index contributed by atoms with van der Waals surface area (Å²) in [7, 11) is 0. The van der Waals surface area contributed by atoms with Gasteiger partial charge in [-0.2, -0.15) is 0 Å². The van der Waals surface area contributed by atoms with Gasteiger partial charge < -0.3 is 10.1 Å². The predicted octanol–water partition coefficient (Wildman–Crippen LogP) is 7.19. The number of hydrogen-bond acceptors (Lipinski definition) is 4. The monoisotopic (exact) mass is 502 g/mol. The summed E-state index contributed by atoms with van der Waals surface area (Å²) >= 11 is 1.77. The van der Waals surface area contributed by atoms with Gasteiger partial charge in [-0.25, -0.2) is 4.79 Å². The highest BCUT2D eigenvalue weighted by atomic mass is 32.2. The number of nitrogens with one attached hydrogen (secondary N) is 1. The molecule has 0 radical (unpaired) electrons. The Morgan fingerprint density at radius 3 is 2.00 bits per heavy atom. The van der Waals surface area contributed by atoms with E-state index < -0.39 is 0 Å². The number of carbonyl (C=O) groups excluding carboxylic acids is 1. The third-order valence-corrected chi connectivity index (χ3v) is 8.10. The third kappa shape index (κ3) is 6.51. The SMILES string of the molecule is CC(C)N(CC[C@H](CSc1ccccc1)NC(=O)OCC1c2ccccc2-c2ccccc21)C(C)C. The summed E-state index contributed by atoms with van der Waals surface area (Å²) < 4.78 is 5.85. The third-order valence-electron chi connectivity index (χ3n) is 6.92. The molecule has 5 heteroatoms. The maximum absolute atomic E-state index is 13.0. The van der Waals surface area contributed by atoms with E-state index in [0.717, 1.165) is 18.7 Å². The van der Waals surface area contributed by atoms with Gasteiger partial charge in [-0.05, 0) is 68.5 Å². The summed E-state index contributed by atoms with van der Waals surface area (Å²) in [6.07, 6.45) is 0.539. The lowest BCUT2D eigenvalue weighted by molar-refractivity contribution is 0.135. The first-order valence-corrected chi connectivity index (χ1v) is 14.0. The smallest absolute Gasteiger partial charge is 0.407 e. The Hall–Kier alpha value is -2.76. The molecule has 0 bridgehead atoms. The Balaban J connectivity index is 1.40. The molecule has 3 aromatic rings. The van der Waals surface area contributed by atoms with Crippen LogP contribution in [-0.4, -0.2) is 48.0 Å². The van der Waals surface area contributed by atoms with E-state index in [2.05, 4.69) is 111 Å². The van der Waals surface area contributed by atoms with E-state index in [-0.39, 0.29) is 18.1 Å². The molecule has 3 aromatic carbocycles. The van der Waals surface area contributed by atoms with Crippen LogP contribution in [0.2, 0.25) is 0 Å². The van der Waals surface area contributed by atoms with Crippen LogP contribution >= 0.6 is 11.8 Å². The fourth-order valence-electron chi connectivity index (χ4n) is 5.14. The molecule has 4 nitrogen and oxygen atoms in total. The van der Waals surface area contributed by atoms with Gasteiger partial charge in [0.25, 0.3) is 0 Å². The molecule has 0 aromatic heterocycles. The standard InChI is InChI=1S/C31H38N2O2S/c1-22(2)33(23(3)4)19-18-24(21-36-25-12-6-5-7-13-25)32-31(34)35-20-30-28-16-10-8-14-26(28)27-15-9-11-17-29(27)30/h5-17,22-24,30H,18-21H2,1-4H3,(H,32,34)/t24-/m1/s1. The Morgan fingerprint density at radius 2 is 1.42 bits per heavy atom. The maximum atomic E-state index is 13.0. The van der Waals surface area contributed by atoms with Gasteiger partial charge in [0.1, 0.15) is 6.61 Å². The second kappa shape index (κ2) is 12.5. The molecule has 1 aliphatic carbocycles. The highest BCUT2D eigenvalue weighted by molar-refractivity contribution is 7.99. The van der Waals surface area contributed by atoms with Gasteiger partial charge in [0, 0.05) is 41.2 Å². The second-order valence-corrected chi connectivity index (χ2v) is 11.1. The minimum Gasteiger partial charge on any atom is -0.449 e. The van der Waals surface area contributed by atoms with Gasteiger partial charge in [-0.1, -0.05) is 66.7 Å². The van der Waals surface area contributed by atoms with Gasteiger partial charge in [0.15, 0.2) is 0 Å². The van der Waals surface area contributed by atoms with Crippen molar-refractivity contribution in [2.24, 2.45) is 0 Å². The largest absolute Gasteiger partial charge is 0.449 e. The molecule has 0 aliphatic heterocycles. The number of amides is 1. The lowest BCUT2D eigenvalue weighted by Crippen LogP contribution is -2.43. The van der Waals surface area contributed by atoms with Crippen LogP contribution in [0.4, 0.5) is 4.79 Å². The van der Waals surface area contributed by atoms with Gasteiger partial charge in [0.2, 0.25) is 0 Å². The Kier molecular flexibility index (Phi) is 9.11. The molecule has 0 fully saturated rings. The Labute approximate surface area is 220 Å². The van der Waals surface area contributed by atoms with Crippen LogP contribution in [0.3, 0.4) is 0 Å². The summed E-state index contributed by atoms with van der Waals surface area (Å²) in [6, 6.07) is 28.2. The lowest BCUT2D eigenvalue weighted by Gasteiger charge is -2.32.